The van der Waals surface area contributed by atoms with Gasteiger partial charge in [0.25, 0.3) is 0 Å². The van der Waals surface area contributed by atoms with E-state index in [1.165, 1.54) is 4.90 Å². The van der Waals surface area contributed by atoms with Crippen molar-refractivity contribution in [3.63, 3.8) is 0 Å². The Bertz CT molecular complexity index is 215. The van der Waals surface area contributed by atoms with E-state index in [9.17, 15) is 9.59 Å². The van der Waals surface area contributed by atoms with Gasteiger partial charge >= 0.3 is 6.09 Å². The van der Waals surface area contributed by atoms with Crippen LogP contribution >= 0.6 is 0 Å². The molecule has 1 fully saturated rings. The van der Waals surface area contributed by atoms with Crippen molar-refractivity contribution in [1.82, 2.24) is 4.90 Å². The molecule has 1 unspecified atom stereocenters. The summed E-state index contributed by atoms with van der Waals surface area (Å²) in [5.74, 6) is 0.191. The van der Waals surface area contributed by atoms with Crippen molar-refractivity contribution in [1.29, 1.82) is 0 Å². The molecule has 0 heterocycles. The molecular weight excluding hydrogens is 170 g/mol. The second kappa shape index (κ2) is 4.25. The fourth-order valence-corrected chi connectivity index (χ4v) is 1.82. The number of nitrogens with zero attached hydrogens (tertiary/aromatic N) is 1. The molecule has 1 N–H and O–H groups in total. The van der Waals surface area contributed by atoms with Gasteiger partial charge in [0.2, 0.25) is 0 Å². The molecule has 13 heavy (non-hydrogen) atoms. The van der Waals surface area contributed by atoms with Crippen LogP contribution in [0.2, 0.25) is 0 Å². The average Bonchev–Trinajstić information content (AvgIpc) is 2.04. The van der Waals surface area contributed by atoms with Gasteiger partial charge in [-0.05, 0) is 19.8 Å². The Balaban J connectivity index is 2.57. The van der Waals surface area contributed by atoms with E-state index in [1.54, 1.807) is 6.92 Å². The summed E-state index contributed by atoms with van der Waals surface area (Å²) < 4.78 is 0. The molecular formula is C9H15NO3. The lowest BCUT2D eigenvalue weighted by molar-refractivity contribution is -0.121. The van der Waals surface area contributed by atoms with Crippen molar-refractivity contribution in [2.45, 2.75) is 38.6 Å². The average molecular weight is 185 g/mol. The third-order valence-electron chi connectivity index (χ3n) is 2.48. The van der Waals surface area contributed by atoms with Crippen LogP contribution in [0.5, 0.6) is 0 Å². The van der Waals surface area contributed by atoms with E-state index in [-0.39, 0.29) is 11.8 Å². The molecule has 0 aromatic heterocycles. The molecule has 0 spiro atoms. The van der Waals surface area contributed by atoms with Crippen LogP contribution in [0.1, 0.15) is 32.6 Å². The molecule has 74 valence electrons. The molecule has 1 rings (SSSR count). The van der Waals surface area contributed by atoms with Crippen molar-refractivity contribution in [2.75, 3.05) is 6.54 Å². The van der Waals surface area contributed by atoms with Gasteiger partial charge in [-0.2, -0.15) is 0 Å². The molecule has 1 aliphatic rings. The third-order valence-corrected chi connectivity index (χ3v) is 2.48. The minimum atomic E-state index is -0.915. The van der Waals surface area contributed by atoms with Crippen LogP contribution < -0.4 is 0 Å². The SMILES string of the molecule is CCN(C(=O)O)C1CCCC(=O)C1. The van der Waals surface area contributed by atoms with Crippen LogP contribution in [0.25, 0.3) is 0 Å². The first kappa shape index (κ1) is 10.0. The van der Waals surface area contributed by atoms with Gasteiger partial charge in [-0.3, -0.25) is 4.79 Å². The third kappa shape index (κ3) is 2.44. The Hall–Kier alpha value is -1.06. The largest absolute Gasteiger partial charge is 0.465 e. The predicted molar refractivity (Wildman–Crippen MR) is 47.7 cm³/mol. The van der Waals surface area contributed by atoms with Crippen molar-refractivity contribution in [3.05, 3.63) is 0 Å². The van der Waals surface area contributed by atoms with E-state index in [0.717, 1.165) is 12.8 Å². The van der Waals surface area contributed by atoms with Crippen LogP contribution in [-0.4, -0.2) is 34.5 Å². The number of carbonyl (C=O) groups excluding carboxylic acids is 1. The smallest absolute Gasteiger partial charge is 0.407 e. The van der Waals surface area contributed by atoms with E-state index in [2.05, 4.69) is 0 Å². The lowest BCUT2D eigenvalue weighted by Crippen LogP contribution is -2.42. The number of ketones is 1. The molecule has 4 nitrogen and oxygen atoms in total. The first-order valence-electron chi connectivity index (χ1n) is 4.66. The van der Waals surface area contributed by atoms with Crippen molar-refractivity contribution < 1.29 is 14.7 Å². The zero-order valence-electron chi connectivity index (χ0n) is 7.82. The van der Waals surface area contributed by atoms with Crippen molar-refractivity contribution in [2.24, 2.45) is 0 Å². The number of Topliss-reactive ketones (excluding diaryl/α,β-unsaturated/α-hetero) is 1. The van der Waals surface area contributed by atoms with E-state index in [4.69, 9.17) is 5.11 Å². The highest BCUT2D eigenvalue weighted by Crippen LogP contribution is 2.20. The lowest BCUT2D eigenvalue weighted by atomic mass is 9.93. The van der Waals surface area contributed by atoms with Gasteiger partial charge in [0.05, 0.1) is 0 Å². The fourth-order valence-electron chi connectivity index (χ4n) is 1.82. The van der Waals surface area contributed by atoms with E-state index < -0.39 is 6.09 Å². The molecule has 0 aromatic rings. The zero-order valence-corrected chi connectivity index (χ0v) is 7.82. The minimum Gasteiger partial charge on any atom is -0.465 e. The molecule has 0 bridgehead atoms. The summed E-state index contributed by atoms with van der Waals surface area (Å²) in [7, 11) is 0. The maximum absolute atomic E-state index is 11.1. The van der Waals surface area contributed by atoms with E-state index in [0.29, 0.717) is 19.4 Å². The molecule has 1 aliphatic carbocycles. The van der Waals surface area contributed by atoms with Gasteiger partial charge in [-0.1, -0.05) is 0 Å². The number of hydrogen-bond acceptors (Lipinski definition) is 2. The lowest BCUT2D eigenvalue weighted by Gasteiger charge is -2.30. The van der Waals surface area contributed by atoms with Crippen molar-refractivity contribution in [3.8, 4) is 0 Å². The molecule has 1 atom stereocenters. The minimum absolute atomic E-state index is 0.0799. The van der Waals surface area contributed by atoms with Gasteiger partial charge in [-0.25, -0.2) is 4.79 Å². The van der Waals surface area contributed by atoms with Gasteiger partial charge in [0.1, 0.15) is 5.78 Å². The van der Waals surface area contributed by atoms with E-state index in [1.807, 2.05) is 0 Å². The van der Waals surface area contributed by atoms with Gasteiger partial charge in [0.15, 0.2) is 0 Å². The number of rotatable bonds is 2. The summed E-state index contributed by atoms with van der Waals surface area (Å²) in [6.45, 7) is 2.26. The Morgan fingerprint density at radius 1 is 1.69 bits per heavy atom. The quantitative estimate of drug-likeness (QED) is 0.709. The molecule has 0 aliphatic heterocycles. The fraction of sp³-hybridized carbons (Fsp3) is 0.778. The molecule has 1 amide bonds. The highest BCUT2D eigenvalue weighted by Gasteiger charge is 2.26. The molecule has 0 radical (unpaired) electrons. The number of hydrogen-bond donors (Lipinski definition) is 1. The van der Waals surface area contributed by atoms with E-state index >= 15 is 0 Å². The first-order valence-corrected chi connectivity index (χ1v) is 4.66. The summed E-state index contributed by atoms with van der Waals surface area (Å²) >= 11 is 0. The van der Waals surface area contributed by atoms with Crippen molar-refractivity contribution >= 4 is 11.9 Å². The molecule has 0 aromatic carbocycles. The molecule has 1 saturated carbocycles. The van der Waals surface area contributed by atoms with Gasteiger partial charge in [-0.15, -0.1) is 0 Å². The number of carboxylic acid groups (broad SMARTS) is 1. The Kier molecular flexibility index (Phi) is 3.28. The summed E-state index contributed by atoms with van der Waals surface area (Å²) in [6, 6.07) is -0.0799. The van der Waals surface area contributed by atoms with Gasteiger partial charge < -0.3 is 10.0 Å². The topological polar surface area (TPSA) is 57.6 Å². The molecule has 4 heteroatoms. The Labute approximate surface area is 77.5 Å². The summed E-state index contributed by atoms with van der Waals surface area (Å²) in [5.41, 5.74) is 0. The van der Waals surface area contributed by atoms with Crippen LogP contribution in [0.4, 0.5) is 4.79 Å². The second-order valence-electron chi connectivity index (χ2n) is 3.36. The standard InChI is InChI=1S/C9H15NO3/c1-2-10(9(12)13)7-4-3-5-8(11)6-7/h7H,2-6H2,1H3,(H,12,13). The Morgan fingerprint density at radius 2 is 2.38 bits per heavy atom. The zero-order chi connectivity index (χ0) is 9.84. The Morgan fingerprint density at radius 3 is 2.85 bits per heavy atom. The normalized spacial score (nSPS) is 22.8. The monoisotopic (exact) mass is 185 g/mol. The van der Waals surface area contributed by atoms with Crippen LogP contribution in [0, 0.1) is 0 Å². The number of amides is 1. The summed E-state index contributed by atoms with van der Waals surface area (Å²) in [6.07, 6.45) is 1.76. The second-order valence-corrected chi connectivity index (χ2v) is 3.36. The predicted octanol–water partition coefficient (Wildman–Crippen LogP) is 1.50. The maximum Gasteiger partial charge on any atom is 0.407 e. The van der Waals surface area contributed by atoms with Crippen LogP contribution in [0.15, 0.2) is 0 Å². The summed E-state index contributed by atoms with van der Waals surface area (Å²) in [5, 5.41) is 8.83. The number of carbonyl (C=O) groups is 2. The van der Waals surface area contributed by atoms with Crippen LogP contribution in [-0.2, 0) is 4.79 Å². The van der Waals surface area contributed by atoms with Gasteiger partial charge in [0, 0.05) is 25.4 Å². The highest BCUT2D eigenvalue weighted by molar-refractivity contribution is 5.80. The first-order chi connectivity index (χ1) is 6.15. The van der Waals surface area contributed by atoms with Crippen LogP contribution in [0.3, 0.4) is 0 Å². The summed E-state index contributed by atoms with van der Waals surface area (Å²) in [4.78, 5) is 23.2. The maximum atomic E-state index is 11.1. The highest BCUT2D eigenvalue weighted by atomic mass is 16.4. The molecule has 0 saturated heterocycles.